The molecule has 1 aromatic carbocycles. The fourth-order valence-corrected chi connectivity index (χ4v) is 5.50. The molecule has 2 aliphatic heterocycles. The molecule has 0 saturated carbocycles. The maximum absolute atomic E-state index is 12.9. The third-order valence-corrected chi connectivity index (χ3v) is 7.24. The Morgan fingerprint density at radius 2 is 1.77 bits per heavy atom. The summed E-state index contributed by atoms with van der Waals surface area (Å²) < 4.78 is 27.2. The van der Waals surface area contributed by atoms with Crippen molar-refractivity contribution in [3.63, 3.8) is 0 Å². The summed E-state index contributed by atoms with van der Waals surface area (Å²) in [5.41, 5.74) is -3.77. The zero-order valence-electron chi connectivity index (χ0n) is 20.2. The summed E-state index contributed by atoms with van der Waals surface area (Å²) in [4.78, 5) is 38.2. The van der Waals surface area contributed by atoms with E-state index in [1.165, 1.54) is 5.56 Å². The van der Waals surface area contributed by atoms with Crippen LogP contribution in [0.5, 0.6) is 0 Å². The average Bonchev–Trinajstić information content (AvgIpc) is 3.21. The minimum atomic E-state index is -2.79. The van der Waals surface area contributed by atoms with E-state index in [9.17, 15) is 19.5 Å². The molecule has 3 rings (SSSR count). The Kier molecular flexibility index (Phi) is 8.41. The van der Waals surface area contributed by atoms with Crippen molar-refractivity contribution in [2.45, 2.75) is 62.1 Å². The van der Waals surface area contributed by atoms with E-state index in [-0.39, 0.29) is 25.2 Å². The van der Waals surface area contributed by atoms with Gasteiger partial charge in [-0.1, -0.05) is 59.3 Å². The predicted octanol–water partition coefficient (Wildman–Crippen LogP) is 2.82. The van der Waals surface area contributed by atoms with Gasteiger partial charge >= 0.3 is 17.9 Å². The highest BCUT2D eigenvalue weighted by Crippen LogP contribution is 2.55. The average molecular weight is 555 g/mol. The van der Waals surface area contributed by atoms with Crippen molar-refractivity contribution in [2.24, 2.45) is 5.92 Å². The highest BCUT2D eigenvalue weighted by Gasteiger charge is 2.78. The summed E-state index contributed by atoms with van der Waals surface area (Å²) in [6.07, 6.45) is 1.80. The molecule has 9 nitrogen and oxygen atoms in total. The van der Waals surface area contributed by atoms with Gasteiger partial charge in [0.15, 0.2) is 5.79 Å². The first kappa shape index (κ1) is 27.3. The molecule has 2 bridgehead atoms. The third-order valence-electron chi connectivity index (χ3n) is 6.58. The Labute approximate surface area is 212 Å². The van der Waals surface area contributed by atoms with Gasteiger partial charge in [0.2, 0.25) is 17.3 Å². The van der Waals surface area contributed by atoms with E-state index in [2.05, 4.69) is 41.1 Å². The number of carbonyl (C=O) groups is 3. The number of esters is 3. The van der Waals surface area contributed by atoms with Crippen molar-refractivity contribution in [2.75, 3.05) is 21.3 Å². The van der Waals surface area contributed by atoms with Crippen molar-refractivity contribution < 1.29 is 43.2 Å². The molecule has 0 amide bonds. The maximum Gasteiger partial charge on any atom is 0.345 e. The summed E-state index contributed by atoms with van der Waals surface area (Å²) in [6.45, 7) is 2.10. The minimum absolute atomic E-state index is 0.121. The van der Waals surface area contributed by atoms with Gasteiger partial charge in [-0.25, -0.2) is 14.4 Å². The Hall–Kier alpha value is -2.27. The number of aliphatic hydroxyl groups is 1. The second-order valence-electron chi connectivity index (χ2n) is 8.89. The van der Waals surface area contributed by atoms with Crippen LogP contribution in [0.2, 0.25) is 0 Å². The van der Waals surface area contributed by atoms with Crippen LogP contribution in [-0.2, 0) is 44.5 Å². The van der Waals surface area contributed by atoms with Crippen LogP contribution in [0, 0.1) is 5.92 Å². The second-order valence-corrected chi connectivity index (χ2v) is 9.91. The molecule has 2 fully saturated rings. The number of halogens is 1. The molecule has 1 aromatic rings. The number of allylic oxidation sites excluding steroid dienone is 2. The molecule has 2 saturated heterocycles. The monoisotopic (exact) mass is 554 g/mol. The van der Waals surface area contributed by atoms with Gasteiger partial charge in [-0.3, -0.25) is 0 Å². The Morgan fingerprint density at radius 1 is 1.11 bits per heavy atom. The van der Waals surface area contributed by atoms with Gasteiger partial charge in [0, 0.05) is 12.8 Å². The summed E-state index contributed by atoms with van der Waals surface area (Å²) >= 11 is 3.60. The molecule has 2 heterocycles. The molecule has 4 unspecified atom stereocenters. The Balaban J connectivity index is 1.85. The second kappa shape index (κ2) is 10.8. The van der Waals surface area contributed by atoms with Gasteiger partial charge in [0.25, 0.3) is 0 Å². The molecule has 0 spiro atoms. The highest BCUT2D eigenvalue weighted by atomic mass is 79.9. The summed E-state index contributed by atoms with van der Waals surface area (Å²) in [7, 11) is 3.22. The van der Waals surface area contributed by atoms with E-state index in [1.807, 2.05) is 18.2 Å². The van der Waals surface area contributed by atoms with Crippen molar-refractivity contribution in [3.8, 4) is 0 Å². The molecular weight excluding hydrogens is 524 g/mol. The van der Waals surface area contributed by atoms with E-state index in [0.29, 0.717) is 6.42 Å². The van der Waals surface area contributed by atoms with Gasteiger partial charge in [-0.2, -0.15) is 0 Å². The smallest absolute Gasteiger partial charge is 0.345 e. The van der Waals surface area contributed by atoms with Crippen molar-refractivity contribution in [3.05, 3.63) is 46.5 Å². The fraction of sp³-hybridized carbons (Fsp3) is 0.560. The van der Waals surface area contributed by atoms with Gasteiger partial charge in [0.05, 0.1) is 21.3 Å². The number of ether oxygens (including phenoxy) is 5. The van der Waals surface area contributed by atoms with Crippen LogP contribution in [0.15, 0.2) is 40.9 Å². The zero-order valence-corrected chi connectivity index (χ0v) is 21.8. The van der Waals surface area contributed by atoms with Crippen molar-refractivity contribution in [1.29, 1.82) is 0 Å². The molecule has 1 N–H and O–H groups in total. The summed E-state index contributed by atoms with van der Waals surface area (Å²) in [6, 6.07) is 10.1. The molecular formula is C25H31BrO9. The molecule has 35 heavy (non-hydrogen) atoms. The van der Waals surface area contributed by atoms with Crippen LogP contribution in [0.4, 0.5) is 0 Å². The molecule has 0 radical (unpaired) electrons. The molecule has 5 atom stereocenters. The minimum Gasteiger partial charge on any atom is -0.467 e. The molecule has 192 valence electrons. The van der Waals surface area contributed by atoms with Crippen LogP contribution in [0.1, 0.15) is 38.2 Å². The van der Waals surface area contributed by atoms with Gasteiger partial charge in [0.1, 0.15) is 0 Å². The predicted molar refractivity (Wildman–Crippen MR) is 127 cm³/mol. The number of benzene rings is 1. The molecule has 0 aromatic heterocycles. The first-order valence-electron chi connectivity index (χ1n) is 11.3. The molecule has 10 heteroatoms. The lowest BCUT2D eigenvalue weighted by Crippen LogP contribution is -2.76. The van der Waals surface area contributed by atoms with E-state index in [4.69, 9.17) is 23.7 Å². The Bertz CT molecular complexity index is 980. The van der Waals surface area contributed by atoms with Crippen molar-refractivity contribution >= 4 is 33.8 Å². The number of methoxy groups -OCH3 is 3. The zero-order chi connectivity index (χ0) is 25.9. The Morgan fingerprint density at radius 3 is 2.37 bits per heavy atom. The largest absolute Gasteiger partial charge is 0.467 e. The molecule has 0 aliphatic carbocycles. The number of hydrogen-bond donors (Lipinski definition) is 1. The van der Waals surface area contributed by atoms with Gasteiger partial charge in [-0.15, -0.1) is 0 Å². The number of rotatable bonds is 9. The summed E-state index contributed by atoms with van der Waals surface area (Å²) in [5, 5.41) is 11.4. The molecule has 2 aliphatic rings. The number of fused-ring (bicyclic) bond motifs is 2. The first-order valence-corrected chi connectivity index (χ1v) is 12.1. The van der Waals surface area contributed by atoms with Crippen LogP contribution in [0.25, 0.3) is 0 Å². The van der Waals surface area contributed by atoms with E-state index >= 15 is 0 Å². The van der Waals surface area contributed by atoms with Crippen LogP contribution >= 0.6 is 15.9 Å². The van der Waals surface area contributed by atoms with Gasteiger partial charge < -0.3 is 28.8 Å². The number of carbonyl (C=O) groups excluding carboxylic acids is 3. The lowest BCUT2D eigenvalue weighted by atomic mass is 9.76. The van der Waals surface area contributed by atoms with Crippen LogP contribution < -0.4 is 0 Å². The third kappa shape index (κ3) is 5.02. The van der Waals surface area contributed by atoms with Gasteiger partial charge in [-0.05, 0) is 35.2 Å². The van der Waals surface area contributed by atoms with E-state index in [1.54, 1.807) is 0 Å². The standard InChI is InChI=1S/C25H31BrO9/c1-16(14-17-8-6-5-7-9-17)15-18(26)10-11-23-12-13-24(35-23,21(28)32-3)25(30,22(29)33-4)19(34-23)20(27)31-2/h5-9,15-16,19,30H,10-14H2,1-4H3/b18-15-/t16-,19?,23?,24?,25?/m1/s1. The first-order chi connectivity index (χ1) is 16.6. The highest BCUT2D eigenvalue weighted by molar-refractivity contribution is 9.11. The number of hydrogen-bond acceptors (Lipinski definition) is 9. The quantitative estimate of drug-likeness (QED) is 0.363. The summed E-state index contributed by atoms with van der Waals surface area (Å²) in [5.74, 6) is -4.49. The SMILES string of the molecule is COC(=O)C1OC2(CC/C(Br)=C/[C@H](C)Cc3ccccc3)CCC(C(=O)OC)(O2)C1(O)C(=O)OC. The normalized spacial score (nSPS) is 30.9. The van der Waals surface area contributed by atoms with Crippen LogP contribution in [-0.4, -0.2) is 67.4 Å². The topological polar surface area (TPSA) is 118 Å². The lowest BCUT2D eigenvalue weighted by molar-refractivity contribution is -0.363. The van der Waals surface area contributed by atoms with E-state index < -0.39 is 41.0 Å². The van der Waals surface area contributed by atoms with E-state index in [0.717, 1.165) is 32.2 Å². The van der Waals surface area contributed by atoms with Crippen molar-refractivity contribution in [1.82, 2.24) is 0 Å². The maximum atomic E-state index is 12.9. The van der Waals surface area contributed by atoms with Crippen LogP contribution in [0.3, 0.4) is 0 Å². The lowest BCUT2D eigenvalue weighted by Gasteiger charge is -2.49. The fourth-order valence-electron chi connectivity index (χ4n) is 4.85.